The van der Waals surface area contributed by atoms with Gasteiger partial charge in [-0.2, -0.15) is 0 Å². The van der Waals surface area contributed by atoms with Gasteiger partial charge in [0, 0.05) is 17.3 Å². The highest BCUT2D eigenvalue weighted by atomic mass is 35.5. The average molecular weight is 558 g/mol. The van der Waals surface area contributed by atoms with Crippen molar-refractivity contribution in [3.05, 3.63) is 58.6 Å². The molecule has 202 valence electrons. The largest absolute Gasteiger partial charge is 0.390 e. The van der Waals surface area contributed by atoms with E-state index >= 15 is 0 Å². The van der Waals surface area contributed by atoms with Gasteiger partial charge in [0.1, 0.15) is 6.10 Å². The molecular formula is C26H30ClF2NO6S. The van der Waals surface area contributed by atoms with Gasteiger partial charge in [-0.25, -0.2) is 17.2 Å². The fourth-order valence-corrected chi connectivity index (χ4v) is 8.40. The van der Waals surface area contributed by atoms with Crippen LogP contribution >= 0.6 is 11.6 Å². The van der Waals surface area contributed by atoms with Crippen molar-refractivity contribution in [3.8, 4) is 0 Å². The Morgan fingerprint density at radius 1 is 1.14 bits per heavy atom. The summed E-state index contributed by atoms with van der Waals surface area (Å²) in [6.45, 7) is 3.59. The summed E-state index contributed by atoms with van der Waals surface area (Å²) in [5.41, 5.74) is -1.65. The highest BCUT2D eigenvalue weighted by molar-refractivity contribution is 7.92. The van der Waals surface area contributed by atoms with Gasteiger partial charge in [0.25, 0.3) is 5.91 Å². The van der Waals surface area contributed by atoms with Gasteiger partial charge >= 0.3 is 0 Å². The predicted octanol–water partition coefficient (Wildman–Crippen LogP) is 3.94. The molecule has 0 heterocycles. The molecule has 2 aromatic rings. The van der Waals surface area contributed by atoms with Gasteiger partial charge in [-0.1, -0.05) is 25.4 Å². The number of aliphatic hydroxyl groups is 3. The first-order chi connectivity index (χ1) is 17.3. The topological polar surface area (TPSA) is 124 Å². The molecule has 7 nitrogen and oxygen atoms in total. The minimum Gasteiger partial charge on any atom is -0.390 e. The molecule has 4 rings (SSSR count). The number of sulfone groups is 1. The third kappa shape index (κ3) is 4.90. The zero-order valence-electron chi connectivity index (χ0n) is 20.4. The molecule has 2 unspecified atom stereocenters. The van der Waals surface area contributed by atoms with Crippen LogP contribution in [0.15, 0.2) is 41.3 Å². The number of hydrogen-bond donors (Lipinski definition) is 4. The first-order valence-electron chi connectivity index (χ1n) is 12.2. The van der Waals surface area contributed by atoms with Crippen molar-refractivity contribution in [3.63, 3.8) is 0 Å². The molecule has 2 saturated carbocycles. The predicted molar refractivity (Wildman–Crippen MR) is 134 cm³/mol. The van der Waals surface area contributed by atoms with Gasteiger partial charge in [0.15, 0.2) is 21.5 Å². The number of carbonyl (C=O) groups excluding carboxylic acids is 1. The van der Waals surface area contributed by atoms with Crippen LogP contribution in [-0.4, -0.2) is 52.7 Å². The van der Waals surface area contributed by atoms with Gasteiger partial charge in [-0.3, -0.25) is 4.79 Å². The summed E-state index contributed by atoms with van der Waals surface area (Å²) >= 11 is 6.26. The molecule has 0 aliphatic heterocycles. The Kier molecular flexibility index (Phi) is 7.71. The Morgan fingerprint density at radius 3 is 2.46 bits per heavy atom. The minimum atomic E-state index is -4.06. The Labute approximate surface area is 219 Å². The molecule has 2 fully saturated rings. The number of benzene rings is 2. The van der Waals surface area contributed by atoms with E-state index in [2.05, 4.69) is 5.32 Å². The Hall–Kier alpha value is -2.11. The van der Waals surface area contributed by atoms with Crippen molar-refractivity contribution < 1.29 is 37.3 Å². The molecular weight excluding hydrogens is 528 g/mol. The van der Waals surface area contributed by atoms with E-state index in [-0.39, 0.29) is 46.3 Å². The highest BCUT2D eigenvalue weighted by Gasteiger charge is 2.62. The lowest BCUT2D eigenvalue weighted by atomic mass is 9.68. The monoisotopic (exact) mass is 557 g/mol. The van der Waals surface area contributed by atoms with Crippen molar-refractivity contribution in [1.29, 1.82) is 0 Å². The zero-order chi connectivity index (χ0) is 27.3. The molecule has 2 aromatic carbocycles. The number of carbonyl (C=O) groups is 1. The summed E-state index contributed by atoms with van der Waals surface area (Å²) in [7, 11) is -4.06. The van der Waals surface area contributed by atoms with Crippen LogP contribution < -0.4 is 5.32 Å². The molecule has 1 amide bonds. The van der Waals surface area contributed by atoms with E-state index in [9.17, 15) is 37.3 Å². The number of fused-ring (bicyclic) bond motifs is 2. The normalized spacial score (nSPS) is 29.1. The van der Waals surface area contributed by atoms with Gasteiger partial charge in [0.2, 0.25) is 0 Å². The van der Waals surface area contributed by atoms with Crippen LogP contribution in [0.4, 0.5) is 14.5 Å². The molecule has 0 radical (unpaired) electrons. The summed E-state index contributed by atoms with van der Waals surface area (Å²) < 4.78 is 54.1. The maximum absolute atomic E-state index is 13.7. The second-order valence-corrected chi connectivity index (χ2v) is 12.8. The summed E-state index contributed by atoms with van der Waals surface area (Å²) in [6.07, 6.45) is -1.65. The molecule has 0 aromatic heterocycles. The summed E-state index contributed by atoms with van der Waals surface area (Å²) in [4.78, 5) is 12.5. The average Bonchev–Trinajstić information content (AvgIpc) is 2.97. The van der Waals surface area contributed by atoms with Gasteiger partial charge in [-0.05, 0) is 73.8 Å². The number of rotatable bonds is 7. The van der Waals surface area contributed by atoms with Crippen LogP contribution in [-0.2, 0) is 9.84 Å². The molecule has 0 saturated heterocycles. The fourth-order valence-electron chi connectivity index (χ4n) is 6.03. The van der Waals surface area contributed by atoms with Crippen LogP contribution in [0.3, 0.4) is 0 Å². The Bertz CT molecular complexity index is 1310. The Balaban J connectivity index is 1.60. The first-order valence-corrected chi connectivity index (χ1v) is 14.1. The summed E-state index contributed by atoms with van der Waals surface area (Å²) in [6, 6.07) is 6.60. The van der Waals surface area contributed by atoms with Crippen LogP contribution in [0.5, 0.6) is 0 Å². The van der Waals surface area contributed by atoms with E-state index < -0.39 is 62.3 Å². The first kappa shape index (κ1) is 27.9. The fraction of sp³-hybridized carbons (Fsp3) is 0.500. The molecule has 0 spiro atoms. The van der Waals surface area contributed by atoms with Crippen LogP contribution in [0.2, 0.25) is 5.02 Å². The third-order valence-corrected chi connectivity index (χ3v) is 10.7. The molecule has 2 aliphatic carbocycles. The number of halogens is 3. The second kappa shape index (κ2) is 10.2. The van der Waals surface area contributed by atoms with Crippen LogP contribution in [0, 0.1) is 29.4 Å². The lowest BCUT2D eigenvalue weighted by molar-refractivity contribution is -0.178. The zero-order valence-corrected chi connectivity index (χ0v) is 21.9. The van der Waals surface area contributed by atoms with Gasteiger partial charge in [-0.15, -0.1) is 0 Å². The van der Waals surface area contributed by atoms with E-state index in [1.165, 1.54) is 18.2 Å². The third-order valence-electron chi connectivity index (χ3n) is 8.03. The smallest absolute Gasteiger partial charge is 0.255 e. The standard InChI is InChI=1S/C26H30ClF2NO6S/c1-3-22(31)24(32)26(34)15-8-13(2)18(26)12-17(10-15)37(35,36)23-9-14(4-6-19(23)27)25(33)30-16-5-7-20(28)21(29)11-16/h4-7,9,11,13,15,17-18,22,24,31-32,34H,3,8,10,12H2,1-2H3,(H,30,33)/t13-,15?,17+,18?,22+,24-,26+/m0/s1. The molecule has 4 N–H and O–H groups in total. The van der Waals surface area contributed by atoms with Gasteiger partial charge in [0.05, 0.1) is 26.9 Å². The molecule has 11 heteroatoms. The Morgan fingerprint density at radius 2 is 1.84 bits per heavy atom. The maximum atomic E-state index is 13.7. The number of hydrogen-bond acceptors (Lipinski definition) is 6. The van der Waals surface area contributed by atoms with E-state index in [1.807, 2.05) is 6.92 Å². The molecule has 2 aliphatic rings. The van der Waals surface area contributed by atoms with E-state index in [4.69, 9.17) is 11.6 Å². The summed E-state index contributed by atoms with van der Waals surface area (Å²) in [5, 5.41) is 33.9. The molecule has 37 heavy (non-hydrogen) atoms. The van der Waals surface area contributed by atoms with E-state index in [1.54, 1.807) is 6.92 Å². The van der Waals surface area contributed by atoms with Crippen molar-refractivity contribution in [2.45, 2.75) is 67.5 Å². The van der Waals surface area contributed by atoms with Crippen molar-refractivity contribution in [1.82, 2.24) is 0 Å². The van der Waals surface area contributed by atoms with Crippen molar-refractivity contribution in [2.24, 2.45) is 17.8 Å². The number of aliphatic hydroxyl groups excluding tert-OH is 2. The van der Waals surface area contributed by atoms with Crippen molar-refractivity contribution in [2.75, 3.05) is 5.32 Å². The van der Waals surface area contributed by atoms with Crippen LogP contribution in [0.25, 0.3) is 0 Å². The van der Waals surface area contributed by atoms with Crippen molar-refractivity contribution >= 4 is 33.0 Å². The number of nitrogens with one attached hydrogen (secondary N) is 1. The van der Waals surface area contributed by atoms with Gasteiger partial charge < -0.3 is 20.6 Å². The number of anilines is 1. The van der Waals surface area contributed by atoms with Crippen LogP contribution in [0.1, 0.15) is 49.9 Å². The maximum Gasteiger partial charge on any atom is 0.255 e. The van der Waals surface area contributed by atoms with E-state index in [0.29, 0.717) is 6.42 Å². The second-order valence-electron chi connectivity index (χ2n) is 10.2. The highest BCUT2D eigenvalue weighted by Crippen LogP contribution is 2.56. The number of amides is 1. The minimum absolute atomic E-state index is 0.00629. The molecule has 2 bridgehead atoms. The van der Waals surface area contributed by atoms with E-state index in [0.717, 1.165) is 18.2 Å². The lowest BCUT2D eigenvalue weighted by Gasteiger charge is -2.47. The SMILES string of the molecule is CC[C@@H](O)[C@H](O)[C@@]1(O)C2C[C@@H](S(=O)(=O)c3cc(C(=O)Nc4ccc(F)c(F)c4)ccc3Cl)CC1[C@@H](C)C2. The quantitative estimate of drug-likeness (QED) is 0.409. The molecule has 7 atom stereocenters. The lowest BCUT2D eigenvalue weighted by Crippen LogP contribution is -2.59. The summed E-state index contributed by atoms with van der Waals surface area (Å²) in [5.74, 6) is -4.12.